The second-order valence-corrected chi connectivity index (χ2v) is 8.97. The average molecular weight is 477 g/mol. The minimum absolute atomic E-state index is 0.198. The summed E-state index contributed by atoms with van der Waals surface area (Å²) < 4.78 is 8.42. The number of rotatable bonds is 2. The third-order valence-corrected chi connectivity index (χ3v) is 6.80. The van der Waals surface area contributed by atoms with Gasteiger partial charge in [0.2, 0.25) is 0 Å². The number of nitriles is 1. The first-order valence-electron chi connectivity index (χ1n) is 10.3. The predicted molar refractivity (Wildman–Crippen MR) is 125 cm³/mol. The van der Waals surface area contributed by atoms with E-state index in [-0.39, 0.29) is 17.0 Å². The number of para-hydroxylation sites is 1. The summed E-state index contributed by atoms with van der Waals surface area (Å²) in [5.74, 6) is 0.997. The van der Waals surface area contributed by atoms with E-state index in [4.69, 9.17) is 9.40 Å². The van der Waals surface area contributed by atoms with Crippen LogP contribution in [0.2, 0.25) is 0 Å². The molecule has 5 rings (SSSR count). The van der Waals surface area contributed by atoms with Crippen molar-refractivity contribution in [1.29, 1.82) is 5.26 Å². The van der Waals surface area contributed by atoms with Gasteiger partial charge in [-0.3, -0.25) is 4.79 Å². The number of oxazole rings is 1. The topological polar surface area (TPSA) is 75.1 Å². The molecule has 3 heterocycles. The van der Waals surface area contributed by atoms with Gasteiger partial charge in [-0.15, -0.1) is 0 Å². The summed E-state index contributed by atoms with van der Waals surface area (Å²) in [6, 6.07) is 14.0. The zero-order valence-electron chi connectivity index (χ0n) is 17.4. The molecule has 1 aliphatic rings. The Morgan fingerprint density at radius 1 is 1.23 bits per heavy atom. The van der Waals surface area contributed by atoms with Crippen LogP contribution < -0.4 is 10.5 Å². The van der Waals surface area contributed by atoms with Crippen molar-refractivity contribution in [2.75, 3.05) is 18.0 Å². The Morgan fingerprint density at radius 2 is 2.00 bits per heavy atom. The molecule has 4 aromatic rings. The fourth-order valence-corrected chi connectivity index (χ4v) is 5.19. The van der Waals surface area contributed by atoms with Gasteiger partial charge in [0.15, 0.2) is 11.5 Å². The van der Waals surface area contributed by atoms with Crippen molar-refractivity contribution in [2.24, 2.45) is 7.05 Å². The predicted octanol–water partition coefficient (Wildman–Crippen LogP) is 5.01. The Morgan fingerprint density at radius 3 is 2.74 bits per heavy atom. The Hall–Kier alpha value is -3.11. The van der Waals surface area contributed by atoms with E-state index >= 15 is 0 Å². The van der Waals surface area contributed by atoms with Gasteiger partial charge in [0.05, 0.1) is 11.2 Å². The fourth-order valence-electron chi connectivity index (χ4n) is 4.56. The van der Waals surface area contributed by atoms with Crippen LogP contribution in [0.15, 0.2) is 50.1 Å². The van der Waals surface area contributed by atoms with Crippen LogP contribution in [0.25, 0.3) is 22.0 Å². The average Bonchev–Trinajstić information content (AvgIpc) is 3.19. The lowest BCUT2D eigenvalue weighted by Gasteiger charge is -2.33. The number of hydrogen-bond acceptors (Lipinski definition) is 5. The van der Waals surface area contributed by atoms with Crippen LogP contribution in [-0.4, -0.2) is 22.6 Å². The first kappa shape index (κ1) is 19.8. The molecule has 0 spiro atoms. The molecule has 0 atom stereocenters. The molecule has 0 aliphatic carbocycles. The van der Waals surface area contributed by atoms with Gasteiger partial charge in [-0.1, -0.05) is 18.2 Å². The van der Waals surface area contributed by atoms with E-state index in [0.29, 0.717) is 0 Å². The van der Waals surface area contributed by atoms with Crippen LogP contribution in [-0.2, 0) is 7.05 Å². The Kier molecular flexibility index (Phi) is 4.82. The minimum Gasteiger partial charge on any atom is -0.440 e. The van der Waals surface area contributed by atoms with E-state index in [9.17, 15) is 10.1 Å². The molecule has 2 aromatic heterocycles. The monoisotopic (exact) mass is 476 g/mol. The summed E-state index contributed by atoms with van der Waals surface area (Å²) in [6.45, 7) is 3.50. The fraction of sp³-hybridized carbons (Fsp3) is 0.292. The Labute approximate surface area is 187 Å². The van der Waals surface area contributed by atoms with Gasteiger partial charge in [0, 0.05) is 35.9 Å². The van der Waals surface area contributed by atoms with Crippen molar-refractivity contribution in [1.82, 2.24) is 9.55 Å². The molecule has 0 bridgehead atoms. The summed E-state index contributed by atoms with van der Waals surface area (Å²) in [4.78, 5) is 19.8. The highest BCUT2D eigenvalue weighted by atomic mass is 79.9. The third-order valence-electron chi connectivity index (χ3n) is 6.16. The van der Waals surface area contributed by atoms with Crippen LogP contribution in [0.5, 0.6) is 0 Å². The second kappa shape index (κ2) is 7.54. The summed E-state index contributed by atoms with van der Waals surface area (Å²) in [5.41, 5.74) is 4.34. The van der Waals surface area contributed by atoms with Gasteiger partial charge in [-0.05, 0) is 59.5 Å². The van der Waals surface area contributed by atoms with Gasteiger partial charge in [0.25, 0.3) is 5.56 Å². The quantitative estimate of drug-likeness (QED) is 0.406. The first-order valence-corrected chi connectivity index (χ1v) is 11.1. The van der Waals surface area contributed by atoms with Crippen molar-refractivity contribution in [3.05, 3.63) is 68.2 Å². The van der Waals surface area contributed by atoms with Crippen molar-refractivity contribution < 1.29 is 4.42 Å². The summed E-state index contributed by atoms with van der Waals surface area (Å²) >= 11 is 3.57. The number of piperidine rings is 1. The van der Waals surface area contributed by atoms with E-state index in [1.165, 1.54) is 0 Å². The van der Waals surface area contributed by atoms with E-state index in [2.05, 4.69) is 26.9 Å². The first-order chi connectivity index (χ1) is 15.0. The maximum absolute atomic E-state index is 12.9. The highest BCUT2D eigenvalue weighted by Gasteiger charge is 2.28. The van der Waals surface area contributed by atoms with E-state index in [0.717, 1.165) is 69.5 Å². The van der Waals surface area contributed by atoms with Crippen LogP contribution in [0, 0.1) is 18.3 Å². The van der Waals surface area contributed by atoms with Crippen LogP contribution in [0.4, 0.5) is 5.69 Å². The largest absolute Gasteiger partial charge is 0.440 e. The van der Waals surface area contributed by atoms with Gasteiger partial charge in [-0.2, -0.15) is 5.26 Å². The molecular formula is C24H21BrN4O2. The Balaban J connectivity index is 1.50. The highest BCUT2D eigenvalue weighted by Crippen LogP contribution is 2.37. The molecule has 0 radical (unpaired) electrons. The zero-order valence-corrected chi connectivity index (χ0v) is 18.9. The molecule has 1 fully saturated rings. The van der Waals surface area contributed by atoms with Crippen molar-refractivity contribution >= 4 is 43.6 Å². The summed E-state index contributed by atoms with van der Waals surface area (Å²) in [6.07, 6.45) is 1.70. The number of aryl methyl sites for hydroxylation is 2. The molecule has 1 aliphatic heterocycles. The number of hydrogen-bond donors (Lipinski definition) is 0. The lowest BCUT2D eigenvalue weighted by atomic mass is 9.95. The van der Waals surface area contributed by atoms with E-state index in [1.807, 2.05) is 43.3 Å². The standard InChI is InChI=1S/C24H21BrN4O2/c1-14-6-7-20-19(12-14)27-23(31-20)15-8-10-29(11-9-15)21-16-4-3-5-18(25)22(16)28(2)24(30)17(21)13-26/h3-7,12,15H,8-11H2,1-2H3. The van der Waals surface area contributed by atoms with Crippen molar-refractivity contribution in [2.45, 2.75) is 25.7 Å². The lowest BCUT2D eigenvalue weighted by Crippen LogP contribution is -2.36. The minimum atomic E-state index is -0.270. The molecule has 0 amide bonds. The summed E-state index contributed by atoms with van der Waals surface area (Å²) in [5, 5.41) is 10.7. The number of benzene rings is 2. The molecule has 7 heteroatoms. The molecular weight excluding hydrogens is 456 g/mol. The third kappa shape index (κ3) is 3.22. The van der Waals surface area contributed by atoms with Crippen LogP contribution >= 0.6 is 15.9 Å². The second-order valence-electron chi connectivity index (χ2n) is 8.12. The number of pyridine rings is 1. The zero-order chi connectivity index (χ0) is 21.7. The van der Waals surface area contributed by atoms with Gasteiger partial charge in [-0.25, -0.2) is 4.98 Å². The molecule has 2 aromatic carbocycles. The van der Waals surface area contributed by atoms with Crippen LogP contribution in [0.3, 0.4) is 0 Å². The molecule has 156 valence electrons. The number of aromatic nitrogens is 2. The van der Waals surface area contributed by atoms with Crippen molar-refractivity contribution in [3.63, 3.8) is 0 Å². The highest BCUT2D eigenvalue weighted by molar-refractivity contribution is 9.10. The van der Waals surface area contributed by atoms with E-state index < -0.39 is 0 Å². The summed E-state index contributed by atoms with van der Waals surface area (Å²) in [7, 11) is 1.71. The molecule has 6 nitrogen and oxygen atoms in total. The Bertz CT molecular complexity index is 1420. The van der Waals surface area contributed by atoms with E-state index in [1.54, 1.807) is 11.6 Å². The van der Waals surface area contributed by atoms with Gasteiger partial charge < -0.3 is 13.9 Å². The van der Waals surface area contributed by atoms with Gasteiger partial charge >= 0.3 is 0 Å². The molecule has 0 N–H and O–H groups in total. The normalized spacial score (nSPS) is 15.0. The maximum Gasteiger partial charge on any atom is 0.270 e. The smallest absolute Gasteiger partial charge is 0.270 e. The molecule has 0 unspecified atom stereocenters. The van der Waals surface area contributed by atoms with Crippen LogP contribution in [0.1, 0.15) is 35.8 Å². The number of nitrogens with zero attached hydrogens (tertiary/aromatic N) is 4. The maximum atomic E-state index is 12.9. The molecule has 31 heavy (non-hydrogen) atoms. The van der Waals surface area contributed by atoms with Crippen molar-refractivity contribution in [3.8, 4) is 6.07 Å². The molecule has 0 saturated carbocycles. The molecule has 1 saturated heterocycles. The SMILES string of the molecule is Cc1ccc2oc(C3CCN(c4c(C#N)c(=O)n(C)c5c(Br)cccc45)CC3)nc2c1. The van der Waals surface area contributed by atoms with Gasteiger partial charge in [0.1, 0.15) is 17.1 Å². The number of fused-ring (bicyclic) bond motifs is 2. The lowest BCUT2D eigenvalue weighted by molar-refractivity contribution is 0.407. The number of anilines is 1. The number of halogens is 1.